The fourth-order valence-electron chi connectivity index (χ4n) is 5.03. The molecule has 0 bridgehead atoms. The van der Waals surface area contributed by atoms with E-state index in [1.54, 1.807) is 7.05 Å². The van der Waals surface area contributed by atoms with E-state index in [4.69, 9.17) is 0 Å². The molecule has 4 nitrogen and oxygen atoms in total. The van der Waals surface area contributed by atoms with Crippen LogP contribution in [0.5, 0.6) is 0 Å². The Hall–Kier alpha value is -2.46. The molecule has 0 saturated carbocycles. The van der Waals surface area contributed by atoms with Crippen molar-refractivity contribution < 1.29 is 9.59 Å². The summed E-state index contributed by atoms with van der Waals surface area (Å²) >= 11 is 0. The smallest absolute Gasteiger partial charge is 0.239 e. The Balaban J connectivity index is 1.56. The molecule has 0 aliphatic carbocycles. The first kappa shape index (κ1) is 18.9. The topological polar surface area (TPSA) is 40.6 Å². The summed E-state index contributed by atoms with van der Waals surface area (Å²) in [7, 11) is 1.64. The molecule has 2 fully saturated rings. The molecule has 0 aromatic heterocycles. The first-order valence-electron chi connectivity index (χ1n) is 10.2. The van der Waals surface area contributed by atoms with E-state index in [0.29, 0.717) is 12.8 Å². The van der Waals surface area contributed by atoms with Gasteiger partial charge in [0.25, 0.3) is 0 Å². The summed E-state index contributed by atoms with van der Waals surface area (Å²) in [5, 5.41) is 0. The number of rotatable bonds is 4. The maximum absolute atomic E-state index is 13.4. The van der Waals surface area contributed by atoms with E-state index in [1.165, 1.54) is 10.5 Å². The average molecular weight is 377 g/mol. The standard InChI is InChI=1S/C24H28N2O2/c1-25-22(27)12-15-24(23(25)28,20-10-6-3-7-11-20)21-13-16-26(17-14-21)18-19-8-4-2-5-9-19/h2-11,21H,12-18H2,1H3. The molecule has 0 N–H and O–H groups in total. The van der Waals surface area contributed by atoms with Crippen molar-refractivity contribution in [3.8, 4) is 0 Å². The van der Waals surface area contributed by atoms with Crippen molar-refractivity contribution in [2.45, 2.75) is 37.6 Å². The number of imide groups is 1. The number of piperidine rings is 2. The van der Waals surface area contributed by atoms with Gasteiger partial charge in [-0.05, 0) is 49.4 Å². The van der Waals surface area contributed by atoms with Crippen LogP contribution in [0, 0.1) is 5.92 Å². The lowest BCUT2D eigenvalue weighted by Gasteiger charge is -2.47. The minimum absolute atomic E-state index is 0.0172. The second-order valence-corrected chi connectivity index (χ2v) is 8.13. The van der Waals surface area contributed by atoms with Crippen LogP contribution in [0.4, 0.5) is 0 Å². The fourth-order valence-corrected chi connectivity index (χ4v) is 5.03. The number of benzene rings is 2. The van der Waals surface area contributed by atoms with E-state index in [0.717, 1.165) is 38.0 Å². The number of amides is 2. The van der Waals surface area contributed by atoms with Gasteiger partial charge in [-0.1, -0.05) is 60.7 Å². The number of likely N-dealkylation sites (N-methyl/N-ethyl adjacent to an activating group) is 1. The monoisotopic (exact) mass is 376 g/mol. The third-order valence-electron chi connectivity index (χ3n) is 6.62. The molecule has 4 heteroatoms. The summed E-state index contributed by atoms with van der Waals surface area (Å²) < 4.78 is 0. The van der Waals surface area contributed by atoms with Crippen LogP contribution in [0.2, 0.25) is 0 Å². The number of likely N-dealkylation sites (tertiary alicyclic amines) is 2. The van der Waals surface area contributed by atoms with Crippen molar-refractivity contribution in [3.63, 3.8) is 0 Å². The Kier molecular flexibility index (Phi) is 5.31. The SMILES string of the molecule is CN1C(=O)CCC(c2ccccc2)(C2CCN(Cc3ccccc3)CC2)C1=O. The Bertz CT molecular complexity index is 828. The van der Waals surface area contributed by atoms with Crippen LogP contribution in [-0.4, -0.2) is 41.8 Å². The molecule has 1 atom stereocenters. The number of hydrogen-bond acceptors (Lipinski definition) is 3. The van der Waals surface area contributed by atoms with Gasteiger partial charge in [0.15, 0.2) is 0 Å². The average Bonchev–Trinajstić information content (AvgIpc) is 2.75. The van der Waals surface area contributed by atoms with Crippen LogP contribution in [0.1, 0.15) is 36.8 Å². The zero-order valence-corrected chi connectivity index (χ0v) is 16.5. The van der Waals surface area contributed by atoms with Gasteiger partial charge in [0.2, 0.25) is 11.8 Å². The molecule has 2 heterocycles. The van der Waals surface area contributed by atoms with Crippen LogP contribution in [0.3, 0.4) is 0 Å². The summed E-state index contributed by atoms with van der Waals surface area (Å²) in [6.07, 6.45) is 3.04. The third-order valence-corrected chi connectivity index (χ3v) is 6.62. The van der Waals surface area contributed by atoms with Crippen molar-refractivity contribution >= 4 is 11.8 Å². The van der Waals surface area contributed by atoms with Crippen LogP contribution >= 0.6 is 0 Å². The fraction of sp³-hybridized carbons (Fsp3) is 0.417. The molecular formula is C24H28N2O2. The summed E-state index contributed by atoms with van der Waals surface area (Å²) in [4.78, 5) is 29.4. The number of nitrogens with zero attached hydrogens (tertiary/aromatic N) is 2. The van der Waals surface area contributed by atoms with Crippen molar-refractivity contribution in [3.05, 3.63) is 71.8 Å². The van der Waals surface area contributed by atoms with Crippen molar-refractivity contribution in [2.24, 2.45) is 5.92 Å². The molecule has 2 saturated heterocycles. The summed E-state index contributed by atoms with van der Waals surface area (Å²) in [6.45, 7) is 2.93. The Labute approximate surface area is 167 Å². The molecule has 1 unspecified atom stereocenters. The Morgan fingerprint density at radius 1 is 0.929 bits per heavy atom. The van der Waals surface area contributed by atoms with Gasteiger partial charge in [-0.25, -0.2) is 0 Å². The summed E-state index contributed by atoms with van der Waals surface area (Å²) in [6, 6.07) is 20.7. The molecule has 4 rings (SSSR count). The molecule has 2 aromatic carbocycles. The highest BCUT2D eigenvalue weighted by molar-refractivity contribution is 6.03. The number of carbonyl (C=O) groups is 2. The van der Waals surface area contributed by atoms with Crippen molar-refractivity contribution in [1.29, 1.82) is 0 Å². The van der Waals surface area contributed by atoms with E-state index >= 15 is 0 Å². The first-order chi connectivity index (χ1) is 13.6. The normalized spacial score (nSPS) is 24.5. The van der Waals surface area contributed by atoms with E-state index in [2.05, 4.69) is 41.3 Å². The Morgan fingerprint density at radius 3 is 2.18 bits per heavy atom. The van der Waals surface area contributed by atoms with Crippen LogP contribution in [-0.2, 0) is 21.5 Å². The van der Waals surface area contributed by atoms with Gasteiger partial charge in [0.1, 0.15) is 0 Å². The molecule has 146 valence electrons. The highest BCUT2D eigenvalue weighted by Gasteiger charge is 2.52. The van der Waals surface area contributed by atoms with Crippen LogP contribution in [0.15, 0.2) is 60.7 Å². The second kappa shape index (κ2) is 7.88. The lowest BCUT2D eigenvalue weighted by molar-refractivity contribution is -0.154. The molecule has 2 aliphatic heterocycles. The predicted molar refractivity (Wildman–Crippen MR) is 110 cm³/mol. The highest BCUT2D eigenvalue weighted by atomic mass is 16.2. The number of carbonyl (C=O) groups excluding carboxylic acids is 2. The minimum Gasteiger partial charge on any atom is -0.299 e. The zero-order valence-electron chi connectivity index (χ0n) is 16.5. The minimum atomic E-state index is -0.567. The maximum Gasteiger partial charge on any atom is 0.239 e. The second-order valence-electron chi connectivity index (χ2n) is 8.13. The molecule has 2 amide bonds. The van der Waals surface area contributed by atoms with Gasteiger partial charge in [-0.15, -0.1) is 0 Å². The van der Waals surface area contributed by atoms with Crippen LogP contribution < -0.4 is 0 Å². The predicted octanol–water partition coefficient (Wildman–Crippen LogP) is 3.62. The van der Waals surface area contributed by atoms with E-state index in [1.807, 2.05) is 24.3 Å². The van der Waals surface area contributed by atoms with Gasteiger partial charge in [-0.2, -0.15) is 0 Å². The quantitative estimate of drug-likeness (QED) is 0.766. The zero-order chi connectivity index (χ0) is 19.6. The van der Waals surface area contributed by atoms with Crippen LogP contribution in [0.25, 0.3) is 0 Å². The van der Waals surface area contributed by atoms with E-state index in [9.17, 15) is 9.59 Å². The molecule has 28 heavy (non-hydrogen) atoms. The summed E-state index contributed by atoms with van der Waals surface area (Å²) in [5.74, 6) is 0.194. The third kappa shape index (κ3) is 3.37. The van der Waals surface area contributed by atoms with Gasteiger partial charge >= 0.3 is 0 Å². The van der Waals surface area contributed by atoms with E-state index in [-0.39, 0.29) is 17.7 Å². The Morgan fingerprint density at radius 2 is 1.54 bits per heavy atom. The summed E-state index contributed by atoms with van der Waals surface area (Å²) in [5.41, 5.74) is 1.83. The molecule has 2 aliphatic rings. The first-order valence-corrected chi connectivity index (χ1v) is 10.2. The lowest BCUT2D eigenvalue weighted by atomic mass is 9.62. The molecule has 2 aromatic rings. The molecule has 0 radical (unpaired) electrons. The molecule has 0 spiro atoms. The van der Waals surface area contributed by atoms with Gasteiger partial charge in [-0.3, -0.25) is 19.4 Å². The highest BCUT2D eigenvalue weighted by Crippen LogP contribution is 2.46. The van der Waals surface area contributed by atoms with Gasteiger partial charge in [0, 0.05) is 20.0 Å². The number of hydrogen-bond donors (Lipinski definition) is 0. The maximum atomic E-state index is 13.4. The van der Waals surface area contributed by atoms with E-state index < -0.39 is 5.41 Å². The van der Waals surface area contributed by atoms with Gasteiger partial charge in [0.05, 0.1) is 5.41 Å². The lowest BCUT2D eigenvalue weighted by Crippen LogP contribution is -2.57. The van der Waals surface area contributed by atoms with Gasteiger partial charge < -0.3 is 0 Å². The largest absolute Gasteiger partial charge is 0.299 e. The van der Waals surface area contributed by atoms with Crippen molar-refractivity contribution in [2.75, 3.05) is 20.1 Å². The molecular weight excluding hydrogens is 348 g/mol. The van der Waals surface area contributed by atoms with Crippen molar-refractivity contribution in [1.82, 2.24) is 9.80 Å².